The summed E-state index contributed by atoms with van der Waals surface area (Å²) in [4.78, 5) is 3.82. The number of aromatic nitrogens is 2. The predicted molar refractivity (Wildman–Crippen MR) is 146 cm³/mol. The molecule has 2 aromatic heterocycles. The summed E-state index contributed by atoms with van der Waals surface area (Å²) >= 11 is 0. The van der Waals surface area contributed by atoms with Crippen molar-refractivity contribution in [2.45, 2.75) is 0 Å². The van der Waals surface area contributed by atoms with Crippen molar-refractivity contribution in [2.75, 3.05) is 38.0 Å². The molecule has 0 N–H and O–H groups in total. The van der Waals surface area contributed by atoms with Crippen LogP contribution in [-0.2, 0) is 0 Å². The number of hydrogen-bond donors (Lipinski definition) is 0. The molecular formula is C26H26B2F4N6. The maximum Gasteiger partial charge on any atom is 0.789 e. The standard InChI is InChI=1S/C26H26B2F4N6/c1-33(2)21-9-5-19(6-10-21)25-15-13-23-17-36-28(31,32)38-24(18-35(36)27(29,30)37(23)25)14-16-26(38)20-7-11-22(12-8-20)34(3)4/h5-18H,1-4H3. The lowest BCUT2D eigenvalue weighted by Gasteiger charge is -2.35. The average Bonchev–Trinajstić information content (AvgIpc) is 3.51. The van der Waals surface area contributed by atoms with Crippen molar-refractivity contribution in [1.29, 1.82) is 0 Å². The van der Waals surface area contributed by atoms with Crippen molar-refractivity contribution in [1.82, 2.24) is 8.96 Å². The van der Waals surface area contributed by atoms with Gasteiger partial charge in [-0.05, 0) is 59.7 Å². The van der Waals surface area contributed by atoms with Gasteiger partial charge < -0.3 is 36.0 Å². The van der Waals surface area contributed by atoms with Gasteiger partial charge in [-0.1, -0.05) is 24.3 Å². The fourth-order valence-electron chi connectivity index (χ4n) is 5.30. The summed E-state index contributed by atoms with van der Waals surface area (Å²) in [5, 5.41) is 0. The molecule has 12 heteroatoms. The molecule has 2 aliphatic heterocycles. The van der Waals surface area contributed by atoms with E-state index in [4.69, 9.17) is 0 Å². The molecule has 194 valence electrons. The minimum Gasteiger partial charge on any atom is -0.386 e. The fourth-order valence-corrected chi connectivity index (χ4v) is 5.30. The van der Waals surface area contributed by atoms with Gasteiger partial charge in [-0.15, -0.1) is 9.19 Å². The van der Waals surface area contributed by atoms with Crippen LogP contribution in [0, 0.1) is 0 Å². The number of hydrazine groups is 1. The minimum absolute atomic E-state index is 0.0142. The number of halogens is 4. The predicted octanol–water partition coefficient (Wildman–Crippen LogP) is 4.71. The van der Waals surface area contributed by atoms with Gasteiger partial charge >= 0.3 is 13.9 Å². The minimum atomic E-state index is -4.62. The average molecular weight is 520 g/mol. The molecule has 0 amide bonds. The zero-order chi connectivity index (χ0) is 27.0. The van der Waals surface area contributed by atoms with E-state index in [9.17, 15) is 0 Å². The maximum atomic E-state index is 16.1. The van der Waals surface area contributed by atoms with Crippen molar-refractivity contribution >= 4 is 37.7 Å². The first-order chi connectivity index (χ1) is 18.0. The van der Waals surface area contributed by atoms with E-state index in [1.165, 1.54) is 12.1 Å². The summed E-state index contributed by atoms with van der Waals surface area (Å²) in [6.07, 6.45) is 2.21. The van der Waals surface area contributed by atoms with Crippen molar-refractivity contribution in [3.8, 4) is 22.5 Å². The first-order valence-corrected chi connectivity index (χ1v) is 12.3. The molecule has 0 radical (unpaired) electrons. The number of rotatable bonds is 4. The van der Waals surface area contributed by atoms with E-state index in [0.29, 0.717) is 20.3 Å². The second-order valence-electron chi connectivity index (χ2n) is 10.1. The third kappa shape index (κ3) is 3.43. The topological polar surface area (TPSA) is 22.4 Å². The Labute approximate surface area is 218 Å². The maximum absolute atomic E-state index is 16.1. The van der Waals surface area contributed by atoms with Crippen molar-refractivity contribution in [2.24, 2.45) is 0 Å². The number of hydrazone groups is 2. The second kappa shape index (κ2) is 8.14. The van der Waals surface area contributed by atoms with E-state index in [0.717, 1.165) is 32.8 Å². The molecule has 38 heavy (non-hydrogen) atoms. The number of benzene rings is 2. The van der Waals surface area contributed by atoms with Crippen LogP contribution < -0.4 is 9.80 Å². The van der Waals surface area contributed by atoms with E-state index < -0.39 is 13.9 Å². The fraction of sp³-hybridized carbons (Fsp3) is 0.154. The molecule has 6 nitrogen and oxygen atoms in total. The normalized spacial score (nSPS) is 16.6. The van der Waals surface area contributed by atoms with Crippen LogP contribution in [0.3, 0.4) is 0 Å². The quantitative estimate of drug-likeness (QED) is 0.288. The summed E-state index contributed by atoms with van der Waals surface area (Å²) in [7, 11) is 7.57. The van der Waals surface area contributed by atoms with Crippen LogP contribution in [0.25, 0.3) is 22.5 Å². The van der Waals surface area contributed by atoms with E-state index in [-0.39, 0.29) is 22.8 Å². The zero-order valence-electron chi connectivity index (χ0n) is 21.4. The molecule has 2 aromatic carbocycles. The molecule has 4 heterocycles. The largest absolute Gasteiger partial charge is 0.789 e. The Balaban J connectivity index is 1.47. The Hall–Kier alpha value is -4.21. The van der Waals surface area contributed by atoms with Crippen LogP contribution >= 0.6 is 0 Å². The van der Waals surface area contributed by atoms with Gasteiger partial charge in [0.2, 0.25) is 0 Å². The Morgan fingerprint density at radius 2 is 0.868 bits per heavy atom. The summed E-state index contributed by atoms with van der Waals surface area (Å²) in [6, 6.07) is 20.4. The third-order valence-corrected chi connectivity index (χ3v) is 7.31. The summed E-state index contributed by atoms with van der Waals surface area (Å²) in [5.41, 5.74) is 3.55. The lowest BCUT2D eigenvalue weighted by molar-refractivity contribution is -1.01. The highest BCUT2D eigenvalue weighted by atomic mass is 19.3. The van der Waals surface area contributed by atoms with Gasteiger partial charge in [-0.25, -0.2) is 0 Å². The van der Waals surface area contributed by atoms with Gasteiger partial charge in [0.15, 0.2) is 12.4 Å². The molecule has 0 aliphatic carbocycles. The van der Waals surface area contributed by atoms with E-state index >= 15 is 17.3 Å². The van der Waals surface area contributed by atoms with Gasteiger partial charge in [-0.2, -0.15) is 0 Å². The van der Waals surface area contributed by atoms with Gasteiger partial charge in [-0.3, -0.25) is 0 Å². The molecule has 0 atom stereocenters. The van der Waals surface area contributed by atoms with Crippen LogP contribution in [-0.4, -0.2) is 72.7 Å². The van der Waals surface area contributed by atoms with Gasteiger partial charge in [0.05, 0.1) is 11.4 Å². The molecular weight excluding hydrogens is 494 g/mol. The Morgan fingerprint density at radius 1 is 0.526 bits per heavy atom. The molecule has 0 saturated carbocycles. The monoisotopic (exact) mass is 520 g/mol. The highest BCUT2D eigenvalue weighted by Crippen LogP contribution is 2.36. The number of hydrogen-bond acceptors (Lipinski definition) is 2. The highest BCUT2D eigenvalue weighted by Gasteiger charge is 2.65. The molecule has 0 saturated heterocycles. The van der Waals surface area contributed by atoms with Crippen LogP contribution in [0.5, 0.6) is 0 Å². The van der Waals surface area contributed by atoms with Crippen molar-refractivity contribution < 1.29 is 26.5 Å². The van der Waals surface area contributed by atoms with Crippen LogP contribution in [0.1, 0.15) is 11.4 Å². The van der Waals surface area contributed by atoms with Gasteiger partial charge in [0.25, 0.3) is 0 Å². The highest BCUT2D eigenvalue weighted by molar-refractivity contribution is 6.61. The molecule has 6 rings (SSSR count). The first-order valence-electron chi connectivity index (χ1n) is 12.3. The molecule has 0 unspecified atom stereocenters. The van der Waals surface area contributed by atoms with Gasteiger partial charge in [0.1, 0.15) is 0 Å². The third-order valence-electron chi connectivity index (χ3n) is 7.31. The number of fused-ring (bicyclic) bond motifs is 3. The zero-order valence-corrected chi connectivity index (χ0v) is 21.4. The molecule has 4 aromatic rings. The summed E-state index contributed by atoms with van der Waals surface area (Å²) < 4.78 is 67.0. The Morgan fingerprint density at radius 3 is 1.18 bits per heavy atom. The van der Waals surface area contributed by atoms with E-state index in [1.54, 1.807) is 36.4 Å². The first kappa shape index (κ1) is 24.1. The van der Waals surface area contributed by atoms with E-state index in [1.807, 2.05) is 62.3 Å². The molecule has 0 bridgehead atoms. The van der Waals surface area contributed by atoms with Crippen LogP contribution in [0.2, 0.25) is 0 Å². The molecule has 2 aliphatic rings. The van der Waals surface area contributed by atoms with E-state index in [2.05, 4.69) is 0 Å². The Kier molecular flexibility index (Phi) is 5.17. The molecule has 0 fully saturated rings. The summed E-state index contributed by atoms with van der Waals surface area (Å²) in [5.74, 6) is 0. The number of anilines is 2. The lowest BCUT2D eigenvalue weighted by atomic mass is 9.87. The molecule has 0 spiro atoms. The van der Waals surface area contributed by atoms with Crippen molar-refractivity contribution in [3.63, 3.8) is 0 Å². The van der Waals surface area contributed by atoms with Gasteiger partial charge in [0, 0.05) is 51.0 Å². The van der Waals surface area contributed by atoms with Crippen molar-refractivity contribution in [3.05, 3.63) is 84.2 Å². The van der Waals surface area contributed by atoms with Crippen LogP contribution in [0.15, 0.2) is 72.8 Å². The Bertz CT molecular complexity index is 1490. The SMILES string of the molecule is CN(C)c1ccc(-c2ccc3n2[B-](F)(F)[N+]2=Cc4ccc(-c5ccc(N(C)C)cc5)n4[B-](F)(F)[N+]2=C3)cc1. The second-order valence-corrected chi connectivity index (χ2v) is 10.1. The smallest absolute Gasteiger partial charge is 0.386 e. The number of nitrogens with zero attached hydrogens (tertiary/aromatic N) is 6. The summed E-state index contributed by atoms with van der Waals surface area (Å²) in [6.45, 7) is -9.23. The van der Waals surface area contributed by atoms with Crippen LogP contribution in [0.4, 0.5) is 28.6 Å². The lowest BCUT2D eigenvalue weighted by Crippen LogP contribution is -2.66.